The third-order valence-corrected chi connectivity index (χ3v) is 8.23. The number of carbonyl (C=O) groups is 1. The Kier molecular flexibility index (Phi) is 5.29. The van der Waals surface area contributed by atoms with Gasteiger partial charge in [0.1, 0.15) is 16.4 Å². The second-order valence-corrected chi connectivity index (χ2v) is 9.90. The van der Waals surface area contributed by atoms with Crippen LogP contribution in [0.1, 0.15) is 28.3 Å². The highest BCUT2D eigenvalue weighted by Crippen LogP contribution is 2.48. The summed E-state index contributed by atoms with van der Waals surface area (Å²) in [6.07, 6.45) is 0.195. The van der Waals surface area contributed by atoms with E-state index in [2.05, 4.69) is 5.32 Å². The smallest absolute Gasteiger partial charge is 0.225 e. The lowest BCUT2D eigenvalue weighted by Gasteiger charge is -2.25. The number of aryl methyl sites for hydroxylation is 1. The van der Waals surface area contributed by atoms with E-state index in [0.29, 0.717) is 17.2 Å². The summed E-state index contributed by atoms with van der Waals surface area (Å²) >= 11 is 1.32. The van der Waals surface area contributed by atoms with Crippen LogP contribution in [-0.2, 0) is 14.6 Å². The van der Waals surface area contributed by atoms with Gasteiger partial charge in [-0.15, -0.1) is 11.3 Å². The zero-order valence-electron chi connectivity index (χ0n) is 16.8. The average Bonchev–Trinajstić information content (AvgIpc) is 3.17. The molecule has 0 aliphatic carbocycles. The average molecular weight is 444 g/mol. The Morgan fingerprint density at radius 3 is 2.47 bits per heavy atom. The topological polar surface area (TPSA) is 81.7 Å². The summed E-state index contributed by atoms with van der Waals surface area (Å²) in [6.45, 7) is 1.90. The maximum Gasteiger partial charge on any atom is 0.225 e. The number of anilines is 1. The Morgan fingerprint density at radius 2 is 1.80 bits per heavy atom. The van der Waals surface area contributed by atoms with Crippen molar-refractivity contribution in [3.05, 3.63) is 63.8 Å². The van der Waals surface area contributed by atoms with E-state index < -0.39 is 9.84 Å². The van der Waals surface area contributed by atoms with Gasteiger partial charge in [0, 0.05) is 28.2 Å². The summed E-state index contributed by atoms with van der Waals surface area (Å²) < 4.78 is 37.4. The Balaban J connectivity index is 1.85. The Bertz CT molecular complexity index is 1210. The number of methoxy groups -OCH3 is 2. The standard InChI is InChI=1S/C22H21NO5S2/c1-13-4-7-15(8-5-13)30(25,26)19-12-29-22-17(11-20(24)23-21(19)22)16-10-14(27-2)6-9-18(16)28-3/h4-10,12,17H,11H2,1-3H3,(H,23,24)/t17-/m1/s1. The highest BCUT2D eigenvalue weighted by atomic mass is 32.2. The fraction of sp³-hybridized carbons (Fsp3) is 0.227. The van der Waals surface area contributed by atoms with Crippen LogP contribution in [0.4, 0.5) is 5.69 Å². The molecule has 3 aromatic rings. The van der Waals surface area contributed by atoms with Crippen LogP contribution in [0, 0.1) is 6.92 Å². The Morgan fingerprint density at radius 1 is 1.07 bits per heavy atom. The minimum atomic E-state index is -3.77. The van der Waals surface area contributed by atoms with E-state index in [0.717, 1.165) is 16.0 Å². The highest BCUT2D eigenvalue weighted by molar-refractivity contribution is 7.91. The maximum atomic E-state index is 13.3. The van der Waals surface area contributed by atoms with Crippen molar-refractivity contribution in [3.63, 3.8) is 0 Å². The van der Waals surface area contributed by atoms with Crippen LogP contribution in [0.15, 0.2) is 57.6 Å². The Hall–Kier alpha value is -2.84. The first-order valence-corrected chi connectivity index (χ1v) is 11.7. The van der Waals surface area contributed by atoms with Gasteiger partial charge < -0.3 is 14.8 Å². The van der Waals surface area contributed by atoms with Crippen LogP contribution < -0.4 is 14.8 Å². The maximum absolute atomic E-state index is 13.3. The molecule has 2 aromatic carbocycles. The zero-order valence-corrected chi connectivity index (χ0v) is 18.4. The number of fused-ring (bicyclic) bond motifs is 1. The van der Waals surface area contributed by atoms with Crippen LogP contribution in [-0.4, -0.2) is 28.5 Å². The molecule has 0 bridgehead atoms. The third-order valence-electron chi connectivity index (χ3n) is 5.19. The number of nitrogens with one attached hydrogen (secondary N) is 1. The predicted octanol–water partition coefficient (Wildman–Crippen LogP) is 4.38. The van der Waals surface area contributed by atoms with E-state index in [4.69, 9.17) is 9.47 Å². The van der Waals surface area contributed by atoms with Gasteiger partial charge in [-0.25, -0.2) is 8.42 Å². The zero-order chi connectivity index (χ0) is 21.5. The van der Waals surface area contributed by atoms with E-state index in [1.807, 2.05) is 13.0 Å². The molecule has 0 spiro atoms. The molecule has 1 aliphatic rings. The first kappa shape index (κ1) is 20.4. The van der Waals surface area contributed by atoms with Gasteiger partial charge in [-0.2, -0.15) is 0 Å². The molecule has 8 heteroatoms. The van der Waals surface area contributed by atoms with Crippen molar-refractivity contribution in [1.82, 2.24) is 0 Å². The van der Waals surface area contributed by atoms with E-state index in [1.54, 1.807) is 56.0 Å². The summed E-state index contributed by atoms with van der Waals surface area (Å²) in [5.74, 6) is 0.696. The molecule has 4 rings (SSSR count). The van der Waals surface area contributed by atoms with Crippen LogP contribution in [0.5, 0.6) is 11.5 Å². The van der Waals surface area contributed by atoms with Gasteiger partial charge in [0.2, 0.25) is 15.7 Å². The molecule has 1 aromatic heterocycles. The number of rotatable bonds is 5. The van der Waals surface area contributed by atoms with E-state index >= 15 is 0 Å². The predicted molar refractivity (Wildman–Crippen MR) is 116 cm³/mol. The van der Waals surface area contributed by atoms with Crippen molar-refractivity contribution in [1.29, 1.82) is 0 Å². The van der Waals surface area contributed by atoms with Gasteiger partial charge in [0.05, 0.1) is 24.8 Å². The molecule has 1 N–H and O–H groups in total. The summed E-state index contributed by atoms with van der Waals surface area (Å²) in [6, 6.07) is 12.1. The summed E-state index contributed by atoms with van der Waals surface area (Å²) in [7, 11) is -0.634. The van der Waals surface area contributed by atoms with Gasteiger partial charge in [-0.1, -0.05) is 17.7 Å². The monoisotopic (exact) mass is 443 g/mol. The molecular formula is C22H21NO5S2. The van der Waals surface area contributed by atoms with E-state index in [-0.39, 0.29) is 28.0 Å². The van der Waals surface area contributed by atoms with Gasteiger partial charge in [0.25, 0.3) is 0 Å². The summed E-state index contributed by atoms with van der Waals surface area (Å²) in [5.41, 5.74) is 2.11. The molecule has 0 saturated heterocycles. The van der Waals surface area contributed by atoms with Gasteiger partial charge in [-0.05, 0) is 37.3 Å². The number of hydrogen-bond acceptors (Lipinski definition) is 6. The molecule has 0 unspecified atom stereocenters. The number of amides is 1. The lowest BCUT2D eigenvalue weighted by molar-refractivity contribution is -0.116. The number of benzene rings is 2. The highest BCUT2D eigenvalue weighted by Gasteiger charge is 2.35. The van der Waals surface area contributed by atoms with Crippen molar-refractivity contribution >= 4 is 32.8 Å². The second kappa shape index (κ2) is 7.77. The number of hydrogen-bond donors (Lipinski definition) is 1. The molecule has 156 valence electrons. The molecule has 0 fully saturated rings. The first-order chi connectivity index (χ1) is 14.3. The molecule has 1 aliphatic heterocycles. The lowest BCUT2D eigenvalue weighted by atomic mass is 9.90. The van der Waals surface area contributed by atoms with Crippen LogP contribution in [0.2, 0.25) is 0 Å². The second-order valence-electron chi connectivity index (χ2n) is 7.07. The van der Waals surface area contributed by atoms with Gasteiger partial charge in [0.15, 0.2) is 0 Å². The molecule has 2 heterocycles. The number of ether oxygens (including phenoxy) is 2. The first-order valence-electron chi connectivity index (χ1n) is 9.30. The van der Waals surface area contributed by atoms with E-state index in [9.17, 15) is 13.2 Å². The van der Waals surface area contributed by atoms with Crippen molar-refractivity contribution < 1.29 is 22.7 Å². The van der Waals surface area contributed by atoms with Crippen molar-refractivity contribution in [2.45, 2.75) is 29.1 Å². The number of thiophene rings is 1. The molecular weight excluding hydrogens is 422 g/mol. The van der Waals surface area contributed by atoms with E-state index in [1.165, 1.54) is 11.3 Å². The summed E-state index contributed by atoms with van der Waals surface area (Å²) in [4.78, 5) is 13.6. The quantitative estimate of drug-likeness (QED) is 0.633. The SMILES string of the molecule is COc1ccc(OC)c([C@H]2CC(=O)Nc3c(S(=O)(=O)c4ccc(C)cc4)csc32)c1. The molecule has 0 saturated carbocycles. The van der Waals surface area contributed by atoms with Gasteiger partial charge in [-0.3, -0.25) is 4.79 Å². The summed E-state index contributed by atoms with van der Waals surface area (Å²) in [5, 5.41) is 4.38. The van der Waals surface area contributed by atoms with Crippen LogP contribution >= 0.6 is 11.3 Å². The minimum Gasteiger partial charge on any atom is -0.497 e. The normalized spacial score (nSPS) is 16.0. The molecule has 1 atom stereocenters. The molecule has 0 radical (unpaired) electrons. The Labute approximate surface area is 179 Å². The molecule has 6 nitrogen and oxygen atoms in total. The third kappa shape index (κ3) is 3.46. The van der Waals surface area contributed by atoms with Crippen LogP contribution in [0.25, 0.3) is 0 Å². The largest absolute Gasteiger partial charge is 0.497 e. The van der Waals surface area contributed by atoms with Crippen molar-refractivity contribution in [2.24, 2.45) is 0 Å². The number of carbonyl (C=O) groups excluding carboxylic acids is 1. The van der Waals surface area contributed by atoms with Crippen molar-refractivity contribution in [3.8, 4) is 11.5 Å². The van der Waals surface area contributed by atoms with Crippen molar-refractivity contribution in [2.75, 3.05) is 19.5 Å². The minimum absolute atomic E-state index is 0.117. The molecule has 30 heavy (non-hydrogen) atoms. The van der Waals surface area contributed by atoms with Gasteiger partial charge >= 0.3 is 0 Å². The fourth-order valence-electron chi connectivity index (χ4n) is 3.61. The lowest BCUT2D eigenvalue weighted by Crippen LogP contribution is -2.23. The molecule has 1 amide bonds. The fourth-order valence-corrected chi connectivity index (χ4v) is 6.51. The van der Waals surface area contributed by atoms with Crippen LogP contribution in [0.3, 0.4) is 0 Å². The number of sulfone groups is 1.